The van der Waals surface area contributed by atoms with E-state index in [-0.39, 0.29) is 39.3 Å². The van der Waals surface area contributed by atoms with Gasteiger partial charge in [-0.15, -0.1) is 0 Å². The lowest BCUT2D eigenvalue weighted by Crippen LogP contribution is -2.34. The van der Waals surface area contributed by atoms with Gasteiger partial charge < -0.3 is 24.4 Å². The molecule has 0 aliphatic carbocycles. The summed E-state index contributed by atoms with van der Waals surface area (Å²) in [6.07, 6.45) is 0.719. The van der Waals surface area contributed by atoms with Gasteiger partial charge in [-0.3, -0.25) is 9.59 Å². The molecule has 0 aromatic rings. The van der Waals surface area contributed by atoms with Crippen LogP contribution in [-0.4, -0.2) is 60.7 Å². The van der Waals surface area contributed by atoms with E-state index >= 15 is 0 Å². The molecule has 1 fully saturated rings. The Labute approximate surface area is 128 Å². The lowest BCUT2D eigenvalue weighted by Gasteiger charge is -2.15. The molecule has 2 unspecified atom stereocenters. The van der Waals surface area contributed by atoms with E-state index in [0.717, 1.165) is 6.42 Å². The Bertz CT molecular complexity index is 381. The zero-order valence-corrected chi connectivity index (χ0v) is 12.4. The van der Waals surface area contributed by atoms with Crippen molar-refractivity contribution in [3.63, 3.8) is 0 Å². The largest absolute Gasteiger partial charge is 0.465 e. The van der Waals surface area contributed by atoms with Crippen molar-refractivity contribution in [2.75, 3.05) is 26.4 Å². The van der Waals surface area contributed by atoms with Crippen LogP contribution in [0.2, 0.25) is 0 Å². The van der Waals surface area contributed by atoms with Gasteiger partial charge in [0.25, 0.3) is 0 Å². The molecule has 22 heavy (non-hydrogen) atoms. The van der Waals surface area contributed by atoms with Crippen molar-refractivity contribution in [2.45, 2.75) is 38.2 Å². The average Bonchev–Trinajstić information content (AvgIpc) is 2.89. The summed E-state index contributed by atoms with van der Waals surface area (Å²) in [4.78, 5) is 35.0. The van der Waals surface area contributed by atoms with Crippen LogP contribution in [0.1, 0.15) is 32.1 Å². The number of hydrogen-bond donors (Lipinski definition) is 2. The molecule has 0 amide bonds. The molecule has 126 valence electrons. The quantitative estimate of drug-likeness (QED) is 0.316. The lowest BCUT2D eigenvalue weighted by molar-refractivity contribution is -0.167. The number of aliphatic hydroxyl groups is 2. The molecule has 0 aromatic heterocycles. The minimum atomic E-state index is -1.28. The van der Waals surface area contributed by atoms with Crippen LogP contribution in [-0.2, 0) is 28.6 Å². The predicted octanol–water partition coefficient (Wildman–Crippen LogP) is -0.451. The maximum absolute atomic E-state index is 11.9. The maximum Gasteiger partial charge on any atom is 0.348 e. The van der Waals surface area contributed by atoms with Crippen molar-refractivity contribution < 1.29 is 38.8 Å². The van der Waals surface area contributed by atoms with Crippen LogP contribution in [0.5, 0.6) is 0 Å². The monoisotopic (exact) mass is 318 g/mol. The van der Waals surface area contributed by atoms with E-state index < -0.39 is 29.9 Å². The molecule has 1 aliphatic heterocycles. The van der Waals surface area contributed by atoms with Gasteiger partial charge in [-0.05, 0) is 19.3 Å². The summed E-state index contributed by atoms with van der Waals surface area (Å²) in [5.74, 6) is -3.11. The second kappa shape index (κ2) is 10.1. The fraction of sp³-hybridized carbons (Fsp3) is 0.786. The minimum absolute atomic E-state index is 0.00763. The topological polar surface area (TPSA) is 119 Å². The Morgan fingerprint density at radius 1 is 1.00 bits per heavy atom. The number of ether oxygens (including phenoxy) is 3. The van der Waals surface area contributed by atoms with Gasteiger partial charge in [0.1, 0.15) is 5.92 Å². The molecule has 0 saturated carbocycles. The van der Waals surface area contributed by atoms with E-state index in [0.29, 0.717) is 12.8 Å². The number of carbonyl (C=O) groups excluding carboxylic acids is 3. The van der Waals surface area contributed by atoms with Gasteiger partial charge in [-0.25, -0.2) is 4.79 Å². The first-order valence-corrected chi connectivity index (χ1v) is 7.34. The molecule has 1 rings (SSSR count). The summed E-state index contributed by atoms with van der Waals surface area (Å²) in [6, 6.07) is 0. The van der Waals surface area contributed by atoms with E-state index in [2.05, 4.69) is 0 Å². The highest BCUT2D eigenvalue weighted by molar-refractivity contribution is 5.92. The van der Waals surface area contributed by atoms with Crippen LogP contribution in [0, 0.1) is 5.92 Å². The number of carbonyl (C=O) groups is 3. The molecular weight excluding hydrogens is 296 g/mol. The molecule has 8 heteroatoms. The van der Waals surface area contributed by atoms with Gasteiger partial charge in [-0.1, -0.05) is 0 Å². The number of aliphatic hydroxyl groups excluding tert-OH is 2. The fourth-order valence-electron chi connectivity index (χ4n) is 1.97. The van der Waals surface area contributed by atoms with Gasteiger partial charge >= 0.3 is 17.9 Å². The molecule has 1 saturated heterocycles. The number of rotatable bonds is 10. The maximum atomic E-state index is 11.9. The number of hydrogen-bond acceptors (Lipinski definition) is 8. The zero-order chi connectivity index (χ0) is 16.4. The van der Waals surface area contributed by atoms with Crippen molar-refractivity contribution in [1.82, 2.24) is 0 Å². The van der Waals surface area contributed by atoms with Crippen molar-refractivity contribution in [1.29, 1.82) is 0 Å². The van der Waals surface area contributed by atoms with Gasteiger partial charge in [0.15, 0.2) is 0 Å². The Balaban J connectivity index is 2.42. The van der Waals surface area contributed by atoms with Gasteiger partial charge in [0.2, 0.25) is 6.10 Å². The third-order valence-electron chi connectivity index (χ3n) is 3.14. The summed E-state index contributed by atoms with van der Waals surface area (Å²) < 4.78 is 14.7. The van der Waals surface area contributed by atoms with Gasteiger partial charge in [-0.2, -0.15) is 0 Å². The number of cyclic esters (lactones) is 1. The normalized spacial score (nSPS) is 20.5. The van der Waals surface area contributed by atoms with Gasteiger partial charge in [0, 0.05) is 19.6 Å². The number of esters is 3. The molecular formula is C14H22O8. The summed E-state index contributed by atoms with van der Waals surface area (Å²) >= 11 is 0. The standard InChI is InChI=1S/C14H22O8/c15-5-2-1-3-7-20-13(18)10-9-11(17)22-12(10)14(19)21-8-4-6-16/h10,12,15-16H,1-9H2. The zero-order valence-electron chi connectivity index (χ0n) is 12.4. The third kappa shape index (κ3) is 5.98. The summed E-state index contributed by atoms with van der Waals surface area (Å²) in [6.45, 7) is 0.111. The van der Waals surface area contributed by atoms with Crippen LogP contribution in [0.4, 0.5) is 0 Å². The van der Waals surface area contributed by atoms with Crippen molar-refractivity contribution in [3.8, 4) is 0 Å². The Morgan fingerprint density at radius 3 is 2.32 bits per heavy atom. The molecule has 2 atom stereocenters. The molecule has 0 bridgehead atoms. The Morgan fingerprint density at radius 2 is 1.64 bits per heavy atom. The summed E-state index contributed by atoms with van der Waals surface area (Å²) in [5.41, 5.74) is 0. The lowest BCUT2D eigenvalue weighted by atomic mass is 10.0. The van der Waals surface area contributed by atoms with Crippen LogP contribution >= 0.6 is 0 Å². The highest BCUT2D eigenvalue weighted by atomic mass is 16.6. The predicted molar refractivity (Wildman–Crippen MR) is 72.5 cm³/mol. The van der Waals surface area contributed by atoms with Crippen LogP contribution in [0.15, 0.2) is 0 Å². The first kappa shape index (κ1) is 18.4. The smallest absolute Gasteiger partial charge is 0.348 e. The highest BCUT2D eigenvalue weighted by Gasteiger charge is 2.46. The van der Waals surface area contributed by atoms with Crippen LogP contribution in [0.25, 0.3) is 0 Å². The van der Waals surface area contributed by atoms with E-state index in [1.807, 2.05) is 0 Å². The first-order valence-electron chi connectivity index (χ1n) is 7.34. The first-order chi connectivity index (χ1) is 10.6. The Hall–Kier alpha value is -1.67. The van der Waals surface area contributed by atoms with Crippen LogP contribution in [0.3, 0.4) is 0 Å². The second-order valence-electron chi connectivity index (χ2n) is 4.92. The van der Waals surface area contributed by atoms with Crippen molar-refractivity contribution >= 4 is 17.9 Å². The van der Waals surface area contributed by atoms with E-state index in [1.54, 1.807) is 0 Å². The minimum Gasteiger partial charge on any atom is -0.465 e. The average molecular weight is 318 g/mol. The van der Waals surface area contributed by atoms with E-state index in [4.69, 9.17) is 24.4 Å². The molecule has 1 aliphatic rings. The second-order valence-corrected chi connectivity index (χ2v) is 4.92. The molecule has 0 radical (unpaired) electrons. The summed E-state index contributed by atoms with van der Waals surface area (Å²) in [5, 5.41) is 17.3. The summed E-state index contributed by atoms with van der Waals surface area (Å²) in [7, 11) is 0. The SMILES string of the molecule is O=C1CC(C(=O)OCCCCCO)C(C(=O)OCCCO)O1. The highest BCUT2D eigenvalue weighted by Crippen LogP contribution is 2.25. The van der Waals surface area contributed by atoms with Crippen molar-refractivity contribution in [2.24, 2.45) is 5.92 Å². The number of unbranched alkanes of at least 4 members (excludes halogenated alkanes) is 2. The molecule has 0 spiro atoms. The van der Waals surface area contributed by atoms with Crippen LogP contribution < -0.4 is 0 Å². The Kier molecular flexibility index (Phi) is 8.46. The molecule has 0 aromatic carbocycles. The fourth-order valence-corrected chi connectivity index (χ4v) is 1.97. The van der Waals surface area contributed by atoms with E-state index in [9.17, 15) is 14.4 Å². The van der Waals surface area contributed by atoms with Crippen molar-refractivity contribution in [3.05, 3.63) is 0 Å². The van der Waals surface area contributed by atoms with Gasteiger partial charge in [0.05, 0.1) is 19.6 Å². The third-order valence-corrected chi connectivity index (χ3v) is 3.14. The molecule has 1 heterocycles. The van der Waals surface area contributed by atoms with E-state index in [1.165, 1.54) is 0 Å². The molecule has 8 nitrogen and oxygen atoms in total. The molecule has 2 N–H and O–H groups in total.